The fourth-order valence-corrected chi connectivity index (χ4v) is 1.44. The van der Waals surface area contributed by atoms with Crippen LogP contribution in [0.1, 0.15) is 39.0 Å². The Morgan fingerprint density at radius 3 is 2.47 bits per heavy atom. The van der Waals surface area contributed by atoms with Crippen molar-refractivity contribution in [1.82, 2.24) is 0 Å². The molecule has 2 nitrogen and oxygen atoms in total. The molecular weight excluding hydrogens is 303 g/mol. The molecule has 0 fully saturated rings. The molecule has 0 heterocycles. The minimum Gasteiger partial charge on any atom is -0.355 e. The first-order valence-corrected chi connectivity index (χ1v) is 7.30. The van der Waals surface area contributed by atoms with Crippen molar-refractivity contribution >= 4 is 22.6 Å². The zero-order valence-electron chi connectivity index (χ0n) is 9.71. The van der Waals surface area contributed by atoms with Crippen molar-refractivity contribution in [2.24, 2.45) is 0 Å². The van der Waals surface area contributed by atoms with Crippen LogP contribution in [0.5, 0.6) is 0 Å². The molecule has 0 unspecified atom stereocenters. The van der Waals surface area contributed by atoms with Crippen LogP contribution in [0.2, 0.25) is 0 Å². The summed E-state index contributed by atoms with van der Waals surface area (Å²) in [6, 6.07) is 0. The van der Waals surface area contributed by atoms with Gasteiger partial charge in [-0.15, -0.1) is 0 Å². The predicted octanol–water partition coefficient (Wildman–Crippen LogP) is 3.94. The average molecular weight is 326 g/mol. The molecule has 0 aromatic rings. The van der Waals surface area contributed by atoms with Crippen molar-refractivity contribution in [1.29, 1.82) is 0 Å². The molecule has 90 valence electrons. The number of hydrogen-bond acceptors (Lipinski definition) is 2. The zero-order chi connectivity index (χ0) is 11.2. The van der Waals surface area contributed by atoms with Crippen LogP contribution in [0.4, 0.5) is 0 Å². The summed E-state index contributed by atoms with van der Waals surface area (Å²) in [5, 5.41) is 0. The first kappa shape index (κ1) is 15.4. The summed E-state index contributed by atoms with van der Waals surface area (Å²) in [4.78, 5) is 0. The topological polar surface area (TPSA) is 18.5 Å². The van der Waals surface area contributed by atoms with Gasteiger partial charge in [0, 0.05) is 11.0 Å². The van der Waals surface area contributed by atoms with Gasteiger partial charge in [0.2, 0.25) is 0 Å². The van der Waals surface area contributed by atoms with Crippen molar-refractivity contribution in [3.8, 4) is 0 Å². The molecule has 0 rings (SSSR count). The summed E-state index contributed by atoms with van der Waals surface area (Å²) in [5.41, 5.74) is 0. The van der Waals surface area contributed by atoms with E-state index >= 15 is 0 Å². The molecular formula is C12H23IO2. The number of ether oxygens (including phenoxy) is 2. The third kappa shape index (κ3) is 14.4. The smallest absolute Gasteiger partial charge is 0.146 e. The molecule has 3 heteroatoms. The fraction of sp³-hybridized carbons (Fsp3) is 0.833. The van der Waals surface area contributed by atoms with Gasteiger partial charge in [-0.3, -0.25) is 0 Å². The highest BCUT2D eigenvalue weighted by Gasteiger charge is 1.88. The van der Waals surface area contributed by atoms with E-state index in [1.54, 1.807) is 0 Å². The summed E-state index contributed by atoms with van der Waals surface area (Å²) >= 11 is 2.38. The number of hydrogen-bond donors (Lipinski definition) is 0. The standard InChI is InChI=1S/C12H23IO2/c1-2-3-7-10-14-12-15-11-8-5-4-6-9-13/h4-5H,2-3,6-12H2,1H3. The number of halogens is 1. The number of unbranched alkanes of at least 4 members (excludes halogenated alkanes) is 2. The van der Waals surface area contributed by atoms with Crippen LogP contribution in [-0.4, -0.2) is 24.4 Å². The molecule has 0 atom stereocenters. The maximum absolute atomic E-state index is 5.32. The molecule has 0 bridgehead atoms. The Morgan fingerprint density at radius 1 is 1.00 bits per heavy atom. The van der Waals surface area contributed by atoms with E-state index in [1.165, 1.54) is 17.3 Å². The monoisotopic (exact) mass is 326 g/mol. The number of rotatable bonds is 11. The van der Waals surface area contributed by atoms with Gasteiger partial charge in [-0.2, -0.15) is 0 Å². The summed E-state index contributed by atoms with van der Waals surface area (Å²) < 4.78 is 11.8. The van der Waals surface area contributed by atoms with Gasteiger partial charge in [-0.1, -0.05) is 54.5 Å². The molecule has 0 aliphatic carbocycles. The van der Waals surface area contributed by atoms with Crippen LogP contribution >= 0.6 is 22.6 Å². The van der Waals surface area contributed by atoms with Crippen LogP contribution in [-0.2, 0) is 9.47 Å². The normalized spacial score (nSPS) is 11.3. The maximum Gasteiger partial charge on any atom is 0.146 e. The second kappa shape index (κ2) is 14.4. The first-order chi connectivity index (χ1) is 7.41. The molecule has 0 radical (unpaired) electrons. The highest BCUT2D eigenvalue weighted by atomic mass is 127. The second-order valence-corrected chi connectivity index (χ2v) is 4.46. The Morgan fingerprint density at radius 2 is 1.73 bits per heavy atom. The van der Waals surface area contributed by atoms with E-state index < -0.39 is 0 Å². The molecule has 0 N–H and O–H groups in total. The van der Waals surface area contributed by atoms with Crippen molar-refractivity contribution < 1.29 is 9.47 Å². The van der Waals surface area contributed by atoms with Gasteiger partial charge < -0.3 is 9.47 Å². The lowest BCUT2D eigenvalue weighted by atomic mass is 10.3. The van der Waals surface area contributed by atoms with Crippen molar-refractivity contribution in [3.05, 3.63) is 12.2 Å². The van der Waals surface area contributed by atoms with Gasteiger partial charge in [-0.05, 0) is 19.3 Å². The quantitative estimate of drug-likeness (QED) is 0.188. The number of allylic oxidation sites excluding steroid dienone is 1. The molecule has 0 aliphatic rings. The highest BCUT2D eigenvalue weighted by Crippen LogP contribution is 1.95. The summed E-state index contributed by atoms with van der Waals surface area (Å²) in [6.07, 6.45) is 10.2. The molecule has 0 spiro atoms. The van der Waals surface area contributed by atoms with E-state index in [1.807, 2.05) is 0 Å². The van der Waals surface area contributed by atoms with Gasteiger partial charge in [0.25, 0.3) is 0 Å². The Kier molecular flexibility index (Phi) is 14.8. The molecule has 0 amide bonds. The van der Waals surface area contributed by atoms with E-state index in [-0.39, 0.29) is 0 Å². The summed E-state index contributed by atoms with van der Waals surface area (Å²) in [6.45, 7) is 4.24. The molecule has 15 heavy (non-hydrogen) atoms. The van der Waals surface area contributed by atoms with Crippen LogP contribution < -0.4 is 0 Å². The predicted molar refractivity (Wildman–Crippen MR) is 73.6 cm³/mol. The third-order valence-electron chi connectivity index (χ3n) is 1.93. The van der Waals surface area contributed by atoms with E-state index in [0.29, 0.717) is 6.79 Å². The van der Waals surface area contributed by atoms with Gasteiger partial charge in [0.15, 0.2) is 0 Å². The second-order valence-electron chi connectivity index (χ2n) is 3.38. The summed E-state index contributed by atoms with van der Waals surface area (Å²) in [5.74, 6) is 0. The van der Waals surface area contributed by atoms with Crippen LogP contribution in [0.3, 0.4) is 0 Å². The molecule has 0 saturated carbocycles. The van der Waals surface area contributed by atoms with E-state index in [0.717, 1.165) is 32.5 Å². The van der Waals surface area contributed by atoms with Crippen molar-refractivity contribution in [3.63, 3.8) is 0 Å². The average Bonchev–Trinajstić information content (AvgIpc) is 2.26. The van der Waals surface area contributed by atoms with E-state index in [2.05, 4.69) is 41.7 Å². The lowest BCUT2D eigenvalue weighted by molar-refractivity contribution is -0.0531. The van der Waals surface area contributed by atoms with E-state index in [9.17, 15) is 0 Å². The minimum absolute atomic E-state index is 0.448. The molecule has 0 saturated heterocycles. The Labute approximate surface area is 108 Å². The van der Waals surface area contributed by atoms with Gasteiger partial charge in [-0.25, -0.2) is 0 Å². The third-order valence-corrected chi connectivity index (χ3v) is 2.55. The van der Waals surface area contributed by atoms with Crippen LogP contribution in [0.25, 0.3) is 0 Å². The summed E-state index contributed by atoms with van der Waals surface area (Å²) in [7, 11) is 0. The van der Waals surface area contributed by atoms with Crippen LogP contribution in [0.15, 0.2) is 12.2 Å². The van der Waals surface area contributed by atoms with Crippen molar-refractivity contribution in [2.75, 3.05) is 24.4 Å². The first-order valence-electron chi connectivity index (χ1n) is 5.78. The van der Waals surface area contributed by atoms with Gasteiger partial charge in [0.1, 0.15) is 6.79 Å². The van der Waals surface area contributed by atoms with E-state index in [4.69, 9.17) is 9.47 Å². The van der Waals surface area contributed by atoms with Gasteiger partial charge in [0.05, 0.1) is 6.61 Å². The fourth-order valence-electron chi connectivity index (χ4n) is 1.08. The van der Waals surface area contributed by atoms with Crippen LogP contribution in [0, 0.1) is 0 Å². The maximum atomic E-state index is 5.32. The highest BCUT2D eigenvalue weighted by molar-refractivity contribution is 14.1. The molecule has 0 aromatic heterocycles. The largest absolute Gasteiger partial charge is 0.355 e. The lowest BCUT2D eigenvalue weighted by Gasteiger charge is -2.03. The lowest BCUT2D eigenvalue weighted by Crippen LogP contribution is -2.02. The van der Waals surface area contributed by atoms with Gasteiger partial charge >= 0.3 is 0 Å². The Bertz CT molecular complexity index is 138. The minimum atomic E-state index is 0.448. The SMILES string of the molecule is CCCCCOCOCCC=CCCI. The van der Waals surface area contributed by atoms with Crippen molar-refractivity contribution in [2.45, 2.75) is 39.0 Å². The Hall–Kier alpha value is 0.390. The zero-order valence-corrected chi connectivity index (χ0v) is 11.9. The molecule has 0 aromatic carbocycles. The number of alkyl halides is 1. The Balaban J connectivity index is 2.92. The molecule has 0 aliphatic heterocycles.